The highest BCUT2D eigenvalue weighted by atomic mass is 19.1. The van der Waals surface area contributed by atoms with Gasteiger partial charge in [-0.3, -0.25) is 4.79 Å². The Balaban J connectivity index is 1.63. The summed E-state index contributed by atoms with van der Waals surface area (Å²) in [6, 6.07) is 6.06. The Morgan fingerprint density at radius 2 is 2.38 bits per heavy atom. The Bertz CT molecular complexity index is 467. The third-order valence-corrected chi connectivity index (χ3v) is 3.73. The van der Waals surface area contributed by atoms with Crippen LogP contribution in [0.3, 0.4) is 0 Å². The van der Waals surface area contributed by atoms with Gasteiger partial charge in [0.05, 0.1) is 6.61 Å². The molecule has 0 radical (unpaired) electrons. The number of hydrogen-bond acceptors (Lipinski definition) is 3. The van der Waals surface area contributed by atoms with E-state index in [-0.39, 0.29) is 11.7 Å². The van der Waals surface area contributed by atoms with Crippen molar-refractivity contribution >= 4 is 5.91 Å². The summed E-state index contributed by atoms with van der Waals surface area (Å²) in [5, 5.41) is 3.16. The van der Waals surface area contributed by atoms with Crippen molar-refractivity contribution in [3.8, 4) is 5.75 Å². The van der Waals surface area contributed by atoms with Crippen molar-refractivity contribution in [2.45, 2.75) is 19.3 Å². The molecule has 1 aliphatic rings. The molecule has 21 heavy (non-hydrogen) atoms. The van der Waals surface area contributed by atoms with Crippen LogP contribution in [0.25, 0.3) is 0 Å². The van der Waals surface area contributed by atoms with E-state index in [0.717, 1.165) is 26.1 Å². The molecule has 1 atom stereocenters. The van der Waals surface area contributed by atoms with Crippen LogP contribution >= 0.6 is 0 Å². The lowest BCUT2D eigenvalue weighted by Crippen LogP contribution is -2.30. The van der Waals surface area contributed by atoms with E-state index in [0.29, 0.717) is 31.1 Å². The van der Waals surface area contributed by atoms with E-state index in [9.17, 15) is 9.18 Å². The zero-order valence-corrected chi connectivity index (χ0v) is 12.5. The van der Waals surface area contributed by atoms with Gasteiger partial charge in [0.2, 0.25) is 5.91 Å². The molecule has 1 amide bonds. The first-order valence-electron chi connectivity index (χ1n) is 7.50. The molecule has 1 fully saturated rings. The Morgan fingerprint density at radius 3 is 3.14 bits per heavy atom. The Labute approximate surface area is 125 Å². The van der Waals surface area contributed by atoms with Crippen LogP contribution in [0.2, 0.25) is 0 Å². The molecule has 1 heterocycles. The average Bonchev–Trinajstić information content (AvgIpc) is 2.93. The lowest BCUT2D eigenvalue weighted by atomic mass is 10.1. The number of halogens is 1. The molecule has 1 aromatic rings. The number of benzene rings is 1. The van der Waals surface area contributed by atoms with Crippen LogP contribution in [0, 0.1) is 11.7 Å². The molecule has 1 unspecified atom stereocenters. The van der Waals surface area contributed by atoms with Crippen LogP contribution in [0.4, 0.5) is 4.39 Å². The third kappa shape index (κ3) is 5.01. The van der Waals surface area contributed by atoms with Crippen LogP contribution in [-0.2, 0) is 4.79 Å². The van der Waals surface area contributed by atoms with E-state index in [1.165, 1.54) is 12.1 Å². The summed E-state index contributed by atoms with van der Waals surface area (Å²) < 4.78 is 18.4. The highest BCUT2D eigenvalue weighted by Crippen LogP contribution is 2.17. The van der Waals surface area contributed by atoms with Gasteiger partial charge in [0.15, 0.2) is 0 Å². The average molecular weight is 294 g/mol. The van der Waals surface area contributed by atoms with Gasteiger partial charge in [0, 0.05) is 25.6 Å². The Kier molecular flexibility index (Phi) is 5.99. The largest absolute Gasteiger partial charge is 0.493 e. The number of nitrogens with one attached hydrogen (secondary N) is 1. The van der Waals surface area contributed by atoms with Crippen molar-refractivity contribution in [3.63, 3.8) is 0 Å². The molecular formula is C16H23FN2O2. The van der Waals surface area contributed by atoms with E-state index >= 15 is 0 Å². The van der Waals surface area contributed by atoms with Crippen molar-refractivity contribution in [2.24, 2.45) is 5.92 Å². The van der Waals surface area contributed by atoms with Crippen LogP contribution in [0.5, 0.6) is 5.75 Å². The van der Waals surface area contributed by atoms with Crippen LogP contribution < -0.4 is 10.1 Å². The molecule has 0 saturated carbocycles. The van der Waals surface area contributed by atoms with E-state index in [4.69, 9.17) is 4.74 Å². The fraction of sp³-hybridized carbons (Fsp3) is 0.562. The summed E-state index contributed by atoms with van der Waals surface area (Å²) in [6.45, 7) is 3.11. The Morgan fingerprint density at radius 1 is 1.52 bits per heavy atom. The van der Waals surface area contributed by atoms with E-state index in [1.807, 2.05) is 11.9 Å². The minimum Gasteiger partial charge on any atom is -0.493 e. The first-order chi connectivity index (χ1) is 10.2. The highest BCUT2D eigenvalue weighted by Gasteiger charge is 2.25. The van der Waals surface area contributed by atoms with Gasteiger partial charge in [-0.25, -0.2) is 4.39 Å². The van der Waals surface area contributed by atoms with Crippen molar-refractivity contribution < 1.29 is 13.9 Å². The van der Waals surface area contributed by atoms with Gasteiger partial charge in [0.25, 0.3) is 0 Å². The molecule has 5 heteroatoms. The van der Waals surface area contributed by atoms with E-state index < -0.39 is 0 Å². The fourth-order valence-electron chi connectivity index (χ4n) is 2.64. The molecule has 0 aliphatic carbocycles. The van der Waals surface area contributed by atoms with Gasteiger partial charge in [0.1, 0.15) is 11.6 Å². The Hall–Kier alpha value is -1.62. The molecule has 1 aromatic carbocycles. The smallest absolute Gasteiger partial charge is 0.222 e. The molecule has 2 rings (SSSR count). The summed E-state index contributed by atoms with van der Waals surface area (Å²) in [4.78, 5) is 14.0. The van der Waals surface area contributed by atoms with Crippen LogP contribution in [0.15, 0.2) is 24.3 Å². The van der Waals surface area contributed by atoms with Gasteiger partial charge in [-0.15, -0.1) is 0 Å². The molecule has 116 valence electrons. The number of hydrogen-bond donors (Lipinski definition) is 1. The lowest BCUT2D eigenvalue weighted by Gasteiger charge is -2.16. The van der Waals surface area contributed by atoms with Crippen molar-refractivity contribution in [3.05, 3.63) is 30.1 Å². The second-order valence-electron chi connectivity index (χ2n) is 5.46. The van der Waals surface area contributed by atoms with Gasteiger partial charge in [-0.1, -0.05) is 6.07 Å². The monoisotopic (exact) mass is 294 g/mol. The minimum absolute atomic E-state index is 0.191. The third-order valence-electron chi connectivity index (χ3n) is 3.73. The molecule has 1 N–H and O–H groups in total. The predicted octanol–water partition coefficient (Wildman–Crippen LogP) is 2.05. The zero-order chi connectivity index (χ0) is 15.1. The van der Waals surface area contributed by atoms with Crippen molar-refractivity contribution in [1.82, 2.24) is 10.2 Å². The second-order valence-corrected chi connectivity index (χ2v) is 5.46. The number of rotatable bonds is 7. The molecule has 0 spiro atoms. The standard InChI is InChI=1S/C16H23FN2O2/c1-18-11-13-7-8-19(12-13)16(20)6-3-9-21-15-5-2-4-14(17)10-15/h2,4-5,10,13,18H,3,6-9,11-12H2,1H3. The number of amides is 1. The maximum absolute atomic E-state index is 13.0. The normalized spacial score (nSPS) is 18.0. The van der Waals surface area contributed by atoms with Crippen molar-refractivity contribution in [2.75, 3.05) is 33.3 Å². The van der Waals surface area contributed by atoms with E-state index in [2.05, 4.69) is 5.32 Å². The fourth-order valence-corrected chi connectivity index (χ4v) is 2.64. The highest BCUT2D eigenvalue weighted by molar-refractivity contribution is 5.76. The topological polar surface area (TPSA) is 41.6 Å². The number of carbonyl (C=O) groups is 1. The minimum atomic E-state index is -0.309. The molecule has 4 nitrogen and oxygen atoms in total. The number of nitrogens with zero attached hydrogens (tertiary/aromatic N) is 1. The first kappa shape index (κ1) is 15.8. The molecule has 1 saturated heterocycles. The molecule has 0 bridgehead atoms. The second kappa shape index (κ2) is 7.98. The van der Waals surface area contributed by atoms with Crippen LogP contribution in [0.1, 0.15) is 19.3 Å². The first-order valence-corrected chi connectivity index (χ1v) is 7.50. The zero-order valence-electron chi connectivity index (χ0n) is 12.5. The molecule has 1 aliphatic heterocycles. The summed E-state index contributed by atoms with van der Waals surface area (Å²) in [6.07, 6.45) is 2.22. The maximum atomic E-state index is 13.0. The van der Waals surface area contributed by atoms with Crippen LogP contribution in [-0.4, -0.2) is 44.1 Å². The number of ether oxygens (including phenoxy) is 1. The predicted molar refractivity (Wildman–Crippen MR) is 79.7 cm³/mol. The summed E-state index contributed by atoms with van der Waals surface area (Å²) in [5.41, 5.74) is 0. The van der Waals surface area contributed by atoms with Gasteiger partial charge < -0.3 is 15.0 Å². The summed E-state index contributed by atoms with van der Waals surface area (Å²) >= 11 is 0. The van der Waals surface area contributed by atoms with Gasteiger partial charge >= 0.3 is 0 Å². The van der Waals surface area contributed by atoms with E-state index in [1.54, 1.807) is 12.1 Å². The van der Waals surface area contributed by atoms with Crippen molar-refractivity contribution in [1.29, 1.82) is 0 Å². The summed E-state index contributed by atoms with van der Waals surface area (Å²) in [7, 11) is 1.94. The molecule has 0 aromatic heterocycles. The van der Waals surface area contributed by atoms with Gasteiger partial charge in [-0.2, -0.15) is 0 Å². The summed E-state index contributed by atoms with van der Waals surface area (Å²) in [5.74, 6) is 0.966. The maximum Gasteiger partial charge on any atom is 0.222 e. The number of likely N-dealkylation sites (tertiary alicyclic amines) is 1. The number of carbonyl (C=O) groups excluding carboxylic acids is 1. The SMILES string of the molecule is CNCC1CCN(C(=O)CCCOc2cccc(F)c2)C1. The van der Waals surface area contributed by atoms with Gasteiger partial charge in [-0.05, 0) is 44.5 Å². The lowest BCUT2D eigenvalue weighted by molar-refractivity contribution is -0.130. The quantitative estimate of drug-likeness (QED) is 0.783. The molecular weight excluding hydrogens is 271 g/mol.